The zero-order valence-electron chi connectivity index (χ0n) is 12.9. The van der Waals surface area contributed by atoms with Gasteiger partial charge in [0.15, 0.2) is 0 Å². The van der Waals surface area contributed by atoms with Gasteiger partial charge in [-0.25, -0.2) is 0 Å². The lowest BCUT2D eigenvalue weighted by Gasteiger charge is -2.12. The normalized spacial score (nSPS) is 12.3. The summed E-state index contributed by atoms with van der Waals surface area (Å²) in [6, 6.07) is 8.18. The highest BCUT2D eigenvalue weighted by atomic mass is 16.4. The number of carbonyl (C=O) groups is 1. The second-order valence-corrected chi connectivity index (χ2v) is 5.78. The van der Waals surface area contributed by atoms with E-state index in [-0.39, 0.29) is 5.92 Å². The third kappa shape index (κ3) is 6.74. The fourth-order valence-electron chi connectivity index (χ4n) is 2.61. The van der Waals surface area contributed by atoms with Crippen LogP contribution in [0, 0.1) is 12.8 Å². The van der Waals surface area contributed by atoms with E-state index in [2.05, 4.69) is 13.0 Å². The second-order valence-electron chi connectivity index (χ2n) is 5.78. The van der Waals surface area contributed by atoms with E-state index in [4.69, 9.17) is 0 Å². The van der Waals surface area contributed by atoms with Crippen LogP contribution in [0.15, 0.2) is 24.3 Å². The average Bonchev–Trinajstić information content (AvgIpc) is 2.41. The molecular formula is C18H28O2. The molecule has 2 heteroatoms. The van der Waals surface area contributed by atoms with Gasteiger partial charge in [0.2, 0.25) is 0 Å². The van der Waals surface area contributed by atoms with Gasteiger partial charge in [0, 0.05) is 0 Å². The minimum Gasteiger partial charge on any atom is -0.481 e. The Morgan fingerprint density at radius 3 is 2.50 bits per heavy atom. The van der Waals surface area contributed by atoms with Crippen molar-refractivity contribution in [1.29, 1.82) is 0 Å². The van der Waals surface area contributed by atoms with Crippen molar-refractivity contribution in [1.82, 2.24) is 0 Å². The zero-order chi connectivity index (χ0) is 14.8. The first-order chi connectivity index (χ1) is 9.63. The maximum atomic E-state index is 11.4. The first-order valence-corrected chi connectivity index (χ1v) is 7.91. The highest BCUT2D eigenvalue weighted by molar-refractivity contribution is 5.70. The van der Waals surface area contributed by atoms with Gasteiger partial charge in [-0.15, -0.1) is 0 Å². The summed E-state index contributed by atoms with van der Waals surface area (Å²) in [4.78, 5) is 11.4. The number of benzene rings is 1. The van der Waals surface area contributed by atoms with Crippen LogP contribution in [0.2, 0.25) is 0 Å². The molecule has 1 N–H and O–H groups in total. The van der Waals surface area contributed by atoms with Crippen molar-refractivity contribution in [2.24, 2.45) is 5.92 Å². The molecule has 20 heavy (non-hydrogen) atoms. The van der Waals surface area contributed by atoms with Gasteiger partial charge in [0.1, 0.15) is 0 Å². The van der Waals surface area contributed by atoms with Crippen molar-refractivity contribution in [3.05, 3.63) is 35.4 Å². The molecule has 0 saturated heterocycles. The van der Waals surface area contributed by atoms with Crippen molar-refractivity contribution >= 4 is 5.97 Å². The van der Waals surface area contributed by atoms with E-state index >= 15 is 0 Å². The van der Waals surface area contributed by atoms with Crippen molar-refractivity contribution in [2.45, 2.75) is 65.2 Å². The lowest BCUT2D eigenvalue weighted by Crippen LogP contribution is -2.16. The van der Waals surface area contributed by atoms with E-state index in [0.717, 1.165) is 24.8 Å². The molecule has 1 aromatic rings. The van der Waals surface area contributed by atoms with Gasteiger partial charge in [-0.1, -0.05) is 75.3 Å². The van der Waals surface area contributed by atoms with E-state index in [1.54, 1.807) is 0 Å². The quantitative estimate of drug-likeness (QED) is 0.611. The maximum Gasteiger partial charge on any atom is 0.306 e. The molecule has 0 aromatic heterocycles. The first kappa shape index (κ1) is 16.7. The number of unbranched alkanes of at least 4 members (excludes halogenated alkanes) is 5. The predicted octanol–water partition coefficient (Wildman–Crippen LogP) is 4.99. The minimum absolute atomic E-state index is 0.233. The zero-order valence-corrected chi connectivity index (χ0v) is 12.9. The smallest absolute Gasteiger partial charge is 0.306 e. The Balaban J connectivity index is 2.35. The SMILES string of the molecule is CCCCCCCCC(Cc1cccc(C)c1)C(=O)O. The Kier molecular flexibility index (Phi) is 8.01. The molecule has 1 aromatic carbocycles. The van der Waals surface area contributed by atoms with Gasteiger partial charge in [0.05, 0.1) is 5.92 Å². The molecule has 0 aliphatic rings. The molecular weight excluding hydrogens is 248 g/mol. The third-order valence-corrected chi connectivity index (χ3v) is 3.82. The number of carboxylic acids is 1. The van der Waals surface area contributed by atoms with E-state index in [0.29, 0.717) is 6.42 Å². The van der Waals surface area contributed by atoms with Gasteiger partial charge < -0.3 is 5.11 Å². The van der Waals surface area contributed by atoms with Crippen LogP contribution in [0.5, 0.6) is 0 Å². The largest absolute Gasteiger partial charge is 0.481 e. The van der Waals surface area contributed by atoms with Crippen LogP contribution in [0.3, 0.4) is 0 Å². The summed E-state index contributed by atoms with van der Waals surface area (Å²) >= 11 is 0. The number of rotatable bonds is 10. The highest BCUT2D eigenvalue weighted by Crippen LogP contribution is 2.18. The predicted molar refractivity (Wildman–Crippen MR) is 84.0 cm³/mol. The molecule has 0 aliphatic heterocycles. The molecule has 0 radical (unpaired) electrons. The first-order valence-electron chi connectivity index (χ1n) is 7.91. The van der Waals surface area contributed by atoms with Crippen LogP contribution >= 0.6 is 0 Å². The van der Waals surface area contributed by atoms with Gasteiger partial charge in [-0.05, 0) is 25.3 Å². The van der Waals surface area contributed by atoms with Gasteiger partial charge in [-0.3, -0.25) is 4.79 Å². The van der Waals surface area contributed by atoms with E-state index in [1.807, 2.05) is 25.1 Å². The molecule has 2 nitrogen and oxygen atoms in total. The number of hydrogen-bond acceptors (Lipinski definition) is 1. The third-order valence-electron chi connectivity index (χ3n) is 3.82. The number of carboxylic acid groups (broad SMARTS) is 1. The van der Waals surface area contributed by atoms with Crippen LogP contribution in [0.1, 0.15) is 63.0 Å². The molecule has 0 amide bonds. The number of aryl methyl sites for hydroxylation is 1. The van der Waals surface area contributed by atoms with E-state index in [9.17, 15) is 9.90 Å². The molecule has 1 atom stereocenters. The van der Waals surface area contributed by atoms with Gasteiger partial charge >= 0.3 is 5.97 Å². The second kappa shape index (κ2) is 9.57. The monoisotopic (exact) mass is 276 g/mol. The van der Waals surface area contributed by atoms with E-state index < -0.39 is 5.97 Å². The molecule has 1 rings (SSSR count). The molecule has 112 valence electrons. The van der Waals surface area contributed by atoms with Crippen molar-refractivity contribution in [3.8, 4) is 0 Å². The minimum atomic E-state index is -0.653. The van der Waals surface area contributed by atoms with Crippen LogP contribution in [0.25, 0.3) is 0 Å². The fraction of sp³-hybridized carbons (Fsp3) is 0.611. The summed E-state index contributed by atoms with van der Waals surface area (Å²) < 4.78 is 0. The lowest BCUT2D eigenvalue weighted by molar-refractivity contribution is -0.142. The topological polar surface area (TPSA) is 37.3 Å². The summed E-state index contributed by atoms with van der Waals surface area (Å²) in [6.45, 7) is 4.26. The number of hydrogen-bond donors (Lipinski definition) is 1. The van der Waals surface area contributed by atoms with E-state index in [1.165, 1.54) is 31.2 Å². The summed E-state index contributed by atoms with van der Waals surface area (Å²) in [5.41, 5.74) is 2.34. The van der Waals surface area contributed by atoms with Gasteiger partial charge in [0.25, 0.3) is 0 Å². The molecule has 0 saturated carbocycles. The van der Waals surface area contributed by atoms with Crippen molar-refractivity contribution < 1.29 is 9.90 Å². The van der Waals surface area contributed by atoms with Crippen molar-refractivity contribution in [3.63, 3.8) is 0 Å². The van der Waals surface area contributed by atoms with Crippen LogP contribution in [0.4, 0.5) is 0 Å². The van der Waals surface area contributed by atoms with Crippen LogP contribution < -0.4 is 0 Å². The Bertz CT molecular complexity index is 398. The maximum absolute atomic E-state index is 11.4. The van der Waals surface area contributed by atoms with Crippen molar-refractivity contribution in [2.75, 3.05) is 0 Å². The fourth-order valence-corrected chi connectivity index (χ4v) is 2.61. The summed E-state index contributed by atoms with van der Waals surface area (Å²) in [5.74, 6) is -0.886. The Labute approximate surface area is 123 Å². The highest BCUT2D eigenvalue weighted by Gasteiger charge is 2.17. The summed E-state index contributed by atoms with van der Waals surface area (Å²) in [7, 11) is 0. The standard InChI is InChI=1S/C18H28O2/c1-3-4-5-6-7-8-12-17(18(19)20)14-16-11-9-10-15(2)13-16/h9-11,13,17H,3-8,12,14H2,1-2H3,(H,19,20). The molecule has 1 unspecified atom stereocenters. The Hall–Kier alpha value is -1.31. The summed E-state index contributed by atoms with van der Waals surface area (Å²) in [6.07, 6.45) is 8.74. The molecule has 0 heterocycles. The Morgan fingerprint density at radius 1 is 1.15 bits per heavy atom. The van der Waals surface area contributed by atoms with Crippen LogP contribution in [-0.4, -0.2) is 11.1 Å². The van der Waals surface area contributed by atoms with Gasteiger partial charge in [-0.2, -0.15) is 0 Å². The Morgan fingerprint density at radius 2 is 1.85 bits per heavy atom. The average molecular weight is 276 g/mol. The van der Waals surface area contributed by atoms with Crippen LogP contribution in [-0.2, 0) is 11.2 Å². The molecule has 0 fully saturated rings. The number of aliphatic carboxylic acids is 1. The molecule has 0 bridgehead atoms. The lowest BCUT2D eigenvalue weighted by atomic mass is 9.93. The molecule has 0 spiro atoms. The summed E-state index contributed by atoms with van der Waals surface area (Å²) in [5, 5.41) is 9.34. The molecule has 0 aliphatic carbocycles.